The molecule has 4 aromatic rings. The monoisotopic (exact) mass is 721 g/mol. The normalized spacial score (nSPS) is 21.9. The molecule has 3 fully saturated rings. The third-order valence-electron chi connectivity index (χ3n) is 11.0. The van der Waals surface area contributed by atoms with Crippen LogP contribution < -0.4 is 20.1 Å². The number of thiophene rings is 1. The van der Waals surface area contributed by atoms with Crippen molar-refractivity contribution in [2.45, 2.75) is 70.1 Å². The molecule has 14 heteroatoms. The first-order valence-corrected chi connectivity index (χ1v) is 18.5. The summed E-state index contributed by atoms with van der Waals surface area (Å²) in [6.45, 7) is 4.77. The van der Waals surface area contributed by atoms with Crippen LogP contribution in [0.1, 0.15) is 57.4 Å². The minimum atomic E-state index is -0.773. The van der Waals surface area contributed by atoms with Crippen LogP contribution in [0.4, 0.5) is 19.6 Å². The van der Waals surface area contributed by atoms with Crippen molar-refractivity contribution in [1.82, 2.24) is 19.8 Å². The van der Waals surface area contributed by atoms with Crippen LogP contribution in [0, 0.1) is 28.9 Å². The van der Waals surface area contributed by atoms with Gasteiger partial charge in [0.25, 0.3) is 0 Å². The molecule has 2 aromatic carbocycles. The van der Waals surface area contributed by atoms with Crippen molar-refractivity contribution in [2.24, 2.45) is 5.92 Å². The predicted octanol–water partition coefficient (Wildman–Crippen LogP) is 6.75. The maximum absolute atomic E-state index is 17.3. The first-order chi connectivity index (χ1) is 24.2. The lowest BCUT2D eigenvalue weighted by molar-refractivity contribution is -0.139. The zero-order valence-electron chi connectivity index (χ0n) is 28.0. The van der Waals surface area contributed by atoms with Crippen molar-refractivity contribution in [3.05, 3.63) is 34.4 Å². The zero-order chi connectivity index (χ0) is 34.8. The summed E-state index contributed by atoms with van der Waals surface area (Å²) in [7, 11) is 2.06. The van der Waals surface area contributed by atoms with E-state index >= 15 is 8.78 Å². The van der Waals surface area contributed by atoms with Gasteiger partial charge in [0, 0.05) is 42.0 Å². The number of rotatable bonds is 6. The van der Waals surface area contributed by atoms with Crippen LogP contribution in [0.2, 0.25) is 5.02 Å². The van der Waals surface area contributed by atoms with Gasteiger partial charge in [0.15, 0.2) is 11.6 Å². The first kappa shape index (κ1) is 33.2. The van der Waals surface area contributed by atoms with Gasteiger partial charge in [0.05, 0.1) is 27.2 Å². The van der Waals surface area contributed by atoms with Crippen LogP contribution in [-0.2, 0) is 4.79 Å². The number of hydrogen-bond donors (Lipinski definition) is 1. The van der Waals surface area contributed by atoms with E-state index in [4.69, 9.17) is 31.8 Å². The maximum Gasteiger partial charge on any atom is 0.319 e. The van der Waals surface area contributed by atoms with E-state index in [9.17, 15) is 10.1 Å². The Morgan fingerprint density at radius 1 is 1.14 bits per heavy atom. The lowest BCUT2D eigenvalue weighted by Gasteiger charge is -2.41. The molecule has 8 rings (SSSR count). The molecule has 4 aliphatic rings. The number of halogens is 3. The minimum Gasteiger partial charge on any atom is -0.489 e. The fraction of sp³-hybridized carbons (Fsp3) is 0.500. The van der Waals surface area contributed by atoms with Crippen molar-refractivity contribution >= 4 is 60.7 Å². The highest BCUT2D eigenvalue weighted by molar-refractivity contribution is 7.23. The number of aromatic nitrogens is 2. The highest BCUT2D eigenvalue weighted by atomic mass is 35.5. The van der Waals surface area contributed by atoms with E-state index in [2.05, 4.69) is 27.9 Å². The molecule has 10 nitrogen and oxygen atoms in total. The molecule has 0 bridgehead atoms. The number of nitrogens with two attached hydrogens (primary N) is 1. The molecule has 2 N–H and O–H groups in total. The number of nitriles is 1. The highest BCUT2D eigenvalue weighted by Crippen LogP contribution is 2.51. The summed E-state index contributed by atoms with van der Waals surface area (Å²) in [6, 6.07) is 4.74. The van der Waals surface area contributed by atoms with Crippen molar-refractivity contribution < 1.29 is 23.0 Å². The number of anilines is 2. The molecule has 2 aromatic heterocycles. The molecule has 50 heavy (non-hydrogen) atoms. The van der Waals surface area contributed by atoms with Crippen LogP contribution >= 0.6 is 22.9 Å². The van der Waals surface area contributed by atoms with Crippen LogP contribution in [-0.4, -0.2) is 83.7 Å². The number of nitrogens with zero attached hydrogens (tertiary/aromatic N) is 6. The third-order valence-corrected chi connectivity index (χ3v) is 12.4. The van der Waals surface area contributed by atoms with Crippen molar-refractivity contribution in [2.75, 3.05) is 50.5 Å². The number of carbonyl (C=O) groups excluding carboxylic acids is 1. The summed E-state index contributed by atoms with van der Waals surface area (Å²) in [5.41, 5.74) is 6.25. The largest absolute Gasteiger partial charge is 0.489 e. The number of ether oxygens (including phenoxy) is 2. The van der Waals surface area contributed by atoms with E-state index in [1.165, 1.54) is 12.1 Å². The van der Waals surface area contributed by atoms with Gasteiger partial charge in [-0.25, -0.2) is 8.78 Å². The average Bonchev–Trinajstić information content (AvgIpc) is 3.60. The van der Waals surface area contributed by atoms with Crippen molar-refractivity contribution in [3.8, 4) is 29.0 Å². The van der Waals surface area contributed by atoms with E-state index in [0.29, 0.717) is 30.8 Å². The number of benzene rings is 2. The van der Waals surface area contributed by atoms with Gasteiger partial charge in [0.1, 0.15) is 40.9 Å². The van der Waals surface area contributed by atoms with Gasteiger partial charge in [-0.3, -0.25) is 9.69 Å². The fourth-order valence-electron chi connectivity index (χ4n) is 8.18. The maximum atomic E-state index is 17.3. The molecule has 3 atom stereocenters. The molecular weight excluding hydrogens is 684 g/mol. The molecule has 262 valence electrons. The molecule has 2 saturated heterocycles. The van der Waals surface area contributed by atoms with E-state index in [1.54, 1.807) is 0 Å². The van der Waals surface area contributed by atoms with Crippen molar-refractivity contribution in [1.29, 1.82) is 5.26 Å². The van der Waals surface area contributed by atoms with Crippen LogP contribution in [0.25, 0.3) is 32.1 Å². The van der Waals surface area contributed by atoms with Gasteiger partial charge < -0.3 is 25.0 Å². The number of piperidine rings is 1. The molecule has 1 saturated carbocycles. The quantitative estimate of drug-likeness (QED) is 0.231. The summed E-state index contributed by atoms with van der Waals surface area (Å²) in [6.07, 6.45) is 6.30. The van der Waals surface area contributed by atoms with E-state index in [-0.39, 0.29) is 90.7 Å². The average molecular weight is 722 g/mol. The number of nitrogen functional groups attached to an aromatic ring is 1. The van der Waals surface area contributed by atoms with Gasteiger partial charge in [-0.05, 0) is 70.7 Å². The molecule has 3 aliphatic heterocycles. The zero-order valence-corrected chi connectivity index (χ0v) is 29.5. The molecule has 0 radical (unpaired) electrons. The first-order valence-electron chi connectivity index (χ1n) is 17.3. The number of amides is 1. The molecule has 5 heterocycles. The standard InChI is InChI=1S/C36H38ClF2N7O3S/c1-18(24-9-5-12-44(24)2)49-36-42-30-27-31(28(37)26(29(30)39)21-10-11-23(38)32-25(21)22(16-40)33(41)50-32)48-15-14-46(34(27)43-36)20-8-4-13-45(17-20)35(47)19-6-3-7-19/h10-11,18-20,24H,3-9,12-15,17,41H2,1-2H3/t18-,20?,24-/m0/s1. The summed E-state index contributed by atoms with van der Waals surface area (Å²) >= 11 is 8.02. The summed E-state index contributed by atoms with van der Waals surface area (Å²) < 4.78 is 45.3. The Hall–Kier alpha value is -3.99. The van der Waals surface area contributed by atoms with Gasteiger partial charge in [-0.15, -0.1) is 11.3 Å². The topological polar surface area (TPSA) is 121 Å². The van der Waals surface area contributed by atoms with Gasteiger partial charge in [-0.2, -0.15) is 15.2 Å². The SMILES string of the molecule is C[C@H](Oc1nc2c3c(c(Cl)c(-c4ccc(F)c5sc(N)c(C#N)c45)c(F)c3n1)OCCN2C1CCCN(C(=O)C2CCC2)C1)[C@@H]1CCCN1C. The van der Waals surface area contributed by atoms with Crippen LogP contribution in [0.15, 0.2) is 12.1 Å². The third kappa shape index (κ3) is 5.38. The Bertz CT molecular complexity index is 2070. The number of likely N-dealkylation sites (tertiary alicyclic amines) is 2. The number of carbonyl (C=O) groups is 1. The van der Waals surface area contributed by atoms with Gasteiger partial charge in [0.2, 0.25) is 5.91 Å². The molecular formula is C36H38ClF2N7O3S. The Kier molecular flexibility index (Phi) is 8.60. The molecule has 1 unspecified atom stereocenters. The molecule has 1 aliphatic carbocycles. The predicted molar refractivity (Wildman–Crippen MR) is 190 cm³/mol. The van der Waals surface area contributed by atoms with Gasteiger partial charge in [-0.1, -0.05) is 24.1 Å². The van der Waals surface area contributed by atoms with Crippen LogP contribution in [0.5, 0.6) is 11.8 Å². The second-order valence-electron chi connectivity index (χ2n) is 13.9. The van der Waals surface area contributed by atoms with Crippen LogP contribution in [0.3, 0.4) is 0 Å². The van der Waals surface area contributed by atoms with Gasteiger partial charge >= 0.3 is 6.01 Å². The Morgan fingerprint density at radius 3 is 2.66 bits per heavy atom. The van der Waals surface area contributed by atoms with E-state index < -0.39 is 11.6 Å². The lowest BCUT2D eigenvalue weighted by atomic mass is 9.84. The second kappa shape index (κ2) is 13.0. The lowest BCUT2D eigenvalue weighted by Crippen LogP contribution is -2.52. The Morgan fingerprint density at radius 2 is 1.94 bits per heavy atom. The summed E-state index contributed by atoms with van der Waals surface area (Å²) in [4.78, 5) is 29.3. The Labute approximate surface area is 297 Å². The van der Waals surface area contributed by atoms with E-state index in [0.717, 1.165) is 62.8 Å². The number of fused-ring (bicyclic) bond motifs is 1. The van der Waals surface area contributed by atoms with Crippen molar-refractivity contribution in [3.63, 3.8) is 0 Å². The highest BCUT2D eigenvalue weighted by Gasteiger charge is 2.38. The smallest absolute Gasteiger partial charge is 0.319 e. The minimum absolute atomic E-state index is 0.0188. The molecule has 1 amide bonds. The summed E-state index contributed by atoms with van der Waals surface area (Å²) in [5, 5.41) is 10.5. The fourth-order valence-corrected chi connectivity index (χ4v) is 9.46. The Balaban J connectivity index is 1.31. The second-order valence-corrected chi connectivity index (χ2v) is 15.3. The van der Waals surface area contributed by atoms with E-state index in [1.807, 2.05) is 11.8 Å². The molecule has 0 spiro atoms. The number of hydrogen-bond acceptors (Lipinski definition) is 10. The number of likely N-dealkylation sites (N-methyl/N-ethyl adjacent to an activating group) is 1. The summed E-state index contributed by atoms with van der Waals surface area (Å²) in [5.74, 6) is -0.427.